The topological polar surface area (TPSA) is 48.5 Å². The van der Waals surface area contributed by atoms with E-state index in [1.165, 1.54) is 62.3 Å². The Hall–Kier alpha value is -7.63. The van der Waals surface area contributed by atoms with Gasteiger partial charge in [-0.2, -0.15) is 0 Å². The van der Waals surface area contributed by atoms with Crippen LogP contribution in [0.3, 0.4) is 0 Å². The van der Waals surface area contributed by atoms with Gasteiger partial charge in [0.2, 0.25) is 0 Å². The van der Waals surface area contributed by atoms with Crippen LogP contribution in [0.1, 0.15) is 51.7 Å². The largest absolute Gasteiger partial charge is 0.309 e. The van der Waals surface area contributed by atoms with Gasteiger partial charge >= 0.3 is 0 Å². The van der Waals surface area contributed by atoms with Crippen LogP contribution in [0.25, 0.3) is 100 Å². The zero-order chi connectivity index (χ0) is 43.2. The van der Waals surface area contributed by atoms with Gasteiger partial charge < -0.3 is 9.13 Å². The van der Waals surface area contributed by atoms with Gasteiger partial charge in [0.25, 0.3) is 0 Å². The fraction of sp³-hybridized carbons (Fsp3) is 0.136. The van der Waals surface area contributed by atoms with E-state index in [0.29, 0.717) is 17.5 Å². The molecule has 0 spiro atoms. The molecule has 5 nitrogen and oxygen atoms in total. The van der Waals surface area contributed by atoms with Crippen molar-refractivity contribution in [2.75, 3.05) is 0 Å². The van der Waals surface area contributed by atoms with Crippen molar-refractivity contribution < 1.29 is 0 Å². The van der Waals surface area contributed by atoms with Gasteiger partial charge in [-0.05, 0) is 125 Å². The van der Waals surface area contributed by atoms with Gasteiger partial charge in [-0.1, -0.05) is 137 Å². The summed E-state index contributed by atoms with van der Waals surface area (Å²) in [5.74, 6) is 1.91. The summed E-state index contributed by atoms with van der Waals surface area (Å²) in [6.45, 7) is 9.63. The minimum absolute atomic E-state index is 0.104. The van der Waals surface area contributed by atoms with Crippen LogP contribution in [0.2, 0.25) is 0 Å². The molecule has 0 aliphatic heterocycles. The minimum Gasteiger partial charge on any atom is -0.309 e. The fourth-order valence-electron chi connectivity index (χ4n) is 10.2. The van der Waals surface area contributed by atoms with Crippen molar-refractivity contribution >= 4 is 43.6 Å². The summed E-state index contributed by atoms with van der Waals surface area (Å²) < 4.78 is 4.80. The fourth-order valence-corrected chi connectivity index (χ4v) is 10.2. The second-order valence-electron chi connectivity index (χ2n) is 18.8. The molecule has 308 valence electrons. The molecular weight excluding hydrogens is 779 g/mol. The molecule has 0 saturated heterocycles. The van der Waals surface area contributed by atoms with E-state index in [1.807, 2.05) is 18.2 Å². The lowest BCUT2D eigenvalue weighted by Crippen LogP contribution is -2.33. The zero-order valence-electron chi connectivity index (χ0n) is 36.5. The Labute approximate surface area is 373 Å². The quantitative estimate of drug-likeness (QED) is 0.168. The first-order valence-electron chi connectivity index (χ1n) is 22.4. The summed E-state index contributed by atoms with van der Waals surface area (Å²) in [6, 6.07) is 67.4. The Balaban J connectivity index is 1.00. The molecule has 0 N–H and O–H groups in total. The Kier molecular flexibility index (Phi) is 8.61. The average molecular weight is 826 g/mol. The molecule has 1 aliphatic carbocycles. The lowest BCUT2D eigenvalue weighted by atomic mass is 9.63. The van der Waals surface area contributed by atoms with E-state index in [-0.39, 0.29) is 10.8 Å². The standard InChI is InChI=1S/C59H47N5/c1-58(2)32-33-59(3,4)50-37-54-48(36-49(50)58)45-22-14-15-23-51(45)64(54)44-28-24-40(25-29-44)56-60-55(39-18-10-6-11-19-39)61-57(62-56)42-27-31-52-47(34-42)46-30-26-41(38-16-8-5-9-17-38)35-53(46)63(52)43-20-12-7-13-21-43/h5-31,34-37H,32-33H2,1-4H3. The highest BCUT2D eigenvalue weighted by Crippen LogP contribution is 2.48. The molecule has 0 radical (unpaired) electrons. The molecule has 0 unspecified atom stereocenters. The summed E-state index contributed by atoms with van der Waals surface area (Å²) in [7, 11) is 0. The molecule has 0 amide bonds. The summed E-state index contributed by atoms with van der Waals surface area (Å²) >= 11 is 0. The van der Waals surface area contributed by atoms with Crippen molar-refractivity contribution in [3.63, 3.8) is 0 Å². The molecule has 0 bridgehead atoms. The second-order valence-corrected chi connectivity index (χ2v) is 18.8. The SMILES string of the molecule is CC1(C)CCC(C)(C)c2cc3c(cc21)c1ccccc1n3-c1ccc(-c2nc(-c3ccccc3)nc(-c3ccc4c(c3)c3ccc(-c5ccccc5)cc3n4-c3ccccc3)n2)cc1. The molecule has 3 aromatic heterocycles. The second kappa shape index (κ2) is 14.5. The lowest BCUT2D eigenvalue weighted by Gasteiger charge is -2.42. The third kappa shape index (κ3) is 6.17. The predicted octanol–water partition coefficient (Wildman–Crippen LogP) is 15.1. The Morgan fingerprint density at radius 3 is 1.45 bits per heavy atom. The van der Waals surface area contributed by atoms with Crippen LogP contribution in [0, 0.1) is 0 Å². The molecule has 8 aromatic carbocycles. The van der Waals surface area contributed by atoms with Crippen molar-refractivity contribution in [3.8, 4) is 56.7 Å². The number of para-hydroxylation sites is 2. The number of benzene rings is 8. The van der Waals surface area contributed by atoms with Gasteiger partial charge in [0.1, 0.15) is 0 Å². The summed E-state index contributed by atoms with van der Waals surface area (Å²) in [5.41, 5.74) is 15.3. The third-order valence-corrected chi connectivity index (χ3v) is 13.8. The van der Waals surface area contributed by atoms with Gasteiger partial charge in [0, 0.05) is 49.6 Å². The van der Waals surface area contributed by atoms with Crippen molar-refractivity contribution in [2.45, 2.75) is 51.4 Å². The van der Waals surface area contributed by atoms with Crippen LogP contribution >= 0.6 is 0 Å². The van der Waals surface area contributed by atoms with E-state index in [0.717, 1.165) is 44.5 Å². The molecule has 0 saturated carbocycles. The van der Waals surface area contributed by atoms with E-state index in [4.69, 9.17) is 15.0 Å². The van der Waals surface area contributed by atoms with Crippen LogP contribution in [-0.2, 0) is 10.8 Å². The lowest BCUT2D eigenvalue weighted by molar-refractivity contribution is 0.332. The van der Waals surface area contributed by atoms with Crippen LogP contribution in [-0.4, -0.2) is 24.1 Å². The maximum absolute atomic E-state index is 5.24. The maximum Gasteiger partial charge on any atom is 0.164 e. The molecule has 0 atom stereocenters. The van der Waals surface area contributed by atoms with E-state index in [9.17, 15) is 0 Å². The van der Waals surface area contributed by atoms with Gasteiger partial charge in [0.15, 0.2) is 17.5 Å². The molecular formula is C59H47N5. The molecule has 11 aromatic rings. The highest BCUT2D eigenvalue weighted by atomic mass is 15.0. The smallest absolute Gasteiger partial charge is 0.164 e. The van der Waals surface area contributed by atoms with Crippen LogP contribution in [0.5, 0.6) is 0 Å². The number of aromatic nitrogens is 5. The number of fused-ring (bicyclic) bond motifs is 7. The summed E-state index contributed by atoms with van der Waals surface area (Å²) in [4.78, 5) is 15.5. The van der Waals surface area contributed by atoms with Gasteiger partial charge in [-0.25, -0.2) is 15.0 Å². The predicted molar refractivity (Wildman–Crippen MR) is 266 cm³/mol. The van der Waals surface area contributed by atoms with Crippen molar-refractivity contribution in [1.82, 2.24) is 24.1 Å². The molecule has 64 heavy (non-hydrogen) atoms. The Morgan fingerprint density at radius 1 is 0.328 bits per heavy atom. The normalized spacial score (nSPS) is 14.4. The van der Waals surface area contributed by atoms with E-state index >= 15 is 0 Å². The molecule has 0 fully saturated rings. The van der Waals surface area contributed by atoms with Gasteiger partial charge in [-0.15, -0.1) is 0 Å². The molecule has 1 aliphatic rings. The average Bonchev–Trinajstić information content (AvgIpc) is 3.85. The number of hydrogen-bond acceptors (Lipinski definition) is 3. The summed E-state index contributed by atoms with van der Waals surface area (Å²) in [5, 5.41) is 4.90. The van der Waals surface area contributed by atoms with Gasteiger partial charge in [-0.3, -0.25) is 0 Å². The highest BCUT2D eigenvalue weighted by Gasteiger charge is 2.38. The molecule has 12 rings (SSSR count). The first kappa shape index (κ1) is 38.1. The molecule has 3 heterocycles. The number of rotatable bonds is 6. The molecule has 5 heteroatoms. The zero-order valence-corrected chi connectivity index (χ0v) is 36.5. The van der Waals surface area contributed by atoms with Crippen molar-refractivity contribution in [1.29, 1.82) is 0 Å². The number of nitrogens with zero attached hydrogens (tertiary/aromatic N) is 5. The maximum atomic E-state index is 5.24. The monoisotopic (exact) mass is 825 g/mol. The van der Waals surface area contributed by atoms with Crippen LogP contribution in [0.15, 0.2) is 188 Å². The third-order valence-electron chi connectivity index (χ3n) is 13.8. The first-order valence-corrected chi connectivity index (χ1v) is 22.4. The van der Waals surface area contributed by atoms with Crippen molar-refractivity contribution in [2.24, 2.45) is 0 Å². The summed E-state index contributed by atoms with van der Waals surface area (Å²) in [6.07, 6.45) is 2.36. The Morgan fingerprint density at radius 2 is 0.781 bits per heavy atom. The van der Waals surface area contributed by atoms with Crippen LogP contribution < -0.4 is 0 Å². The Bertz CT molecular complexity index is 3580. The minimum atomic E-state index is 0.104. The van der Waals surface area contributed by atoms with E-state index in [1.54, 1.807) is 0 Å². The van der Waals surface area contributed by atoms with Gasteiger partial charge in [0.05, 0.1) is 22.1 Å². The van der Waals surface area contributed by atoms with Crippen molar-refractivity contribution in [3.05, 3.63) is 199 Å². The van der Waals surface area contributed by atoms with Crippen LogP contribution in [0.4, 0.5) is 0 Å². The highest BCUT2D eigenvalue weighted by molar-refractivity contribution is 6.12. The van der Waals surface area contributed by atoms with E-state index < -0.39 is 0 Å². The van der Waals surface area contributed by atoms with E-state index in [2.05, 4.69) is 207 Å². The number of hydrogen-bond donors (Lipinski definition) is 0. The first-order chi connectivity index (χ1) is 31.2.